The van der Waals surface area contributed by atoms with E-state index in [-0.39, 0.29) is 6.42 Å². The third-order valence-electron chi connectivity index (χ3n) is 2.96. The van der Waals surface area contributed by atoms with Crippen LogP contribution in [0.2, 0.25) is 0 Å². The summed E-state index contributed by atoms with van der Waals surface area (Å²) in [5.74, 6) is 0. The minimum Gasteiger partial charge on any atom is -0.368 e. The van der Waals surface area contributed by atoms with Gasteiger partial charge in [0.1, 0.15) is 0 Å². The molecule has 1 N–H and O–H groups in total. The summed E-state index contributed by atoms with van der Waals surface area (Å²) in [7, 11) is -0.0661. The molecule has 0 aromatic heterocycles. The summed E-state index contributed by atoms with van der Waals surface area (Å²) in [6, 6.07) is 0. The SMILES string of the molecule is COP(=O)(OC)C(O)(CCCN(C)C)P(=O)(OC)OC. The molecule has 0 aliphatic carbocycles. The zero-order valence-electron chi connectivity index (χ0n) is 12.9. The van der Waals surface area contributed by atoms with Crippen molar-refractivity contribution in [1.29, 1.82) is 0 Å². The maximum Gasteiger partial charge on any atom is 0.374 e. The Hall–Kier alpha value is 0.220. The van der Waals surface area contributed by atoms with Crippen LogP contribution in [-0.2, 0) is 27.2 Å². The van der Waals surface area contributed by atoms with Crippen LogP contribution in [-0.4, -0.2) is 64.2 Å². The Bertz CT molecular complexity index is 346. The van der Waals surface area contributed by atoms with E-state index in [0.29, 0.717) is 13.0 Å². The molecule has 8 nitrogen and oxygen atoms in total. The van der Waals surface area contributed by atoms with Gasteiger partial charge in [0.15, 0.2) is 0 Å². The average Bonchev–Trinajstić information content (AvgIpc) is 2.44. The first-order valence-electron chi connectivity index (χ1n) is 5.96. The van der Waals surface area contributed by atoms with Gasteiger partial charge in [-0.3, -0.25) is 9.13 Å². The molecule has 0 aliphatic heterocycles. The van der Waals surface area contributed by atoms with Crippen LogP contribution in [0, 0.1) is 0 Å². The van der Waals surface area contributed by atoms with Crippen LogP contribution in [0.1, 0.15) is 12.8 Å². The van der Waals surface area contributed by atoms with Crippen molar-refractivity contribution < 1.29 is 32.3 Å². The van der Waals surface area contributed by atoms with Gasteiger partial charge in [-0.2, -0.15) is 0 Å². The van der Waals surface area contributed by atoms with Gasteiger partial charge in [-0.05, 0) is 27.1 Å². The van der Waals surface area contributed by atoms with E-state index in [1.807, 2.05) is 19.0 Å². The van der Waals surface area contributed by atoms with Crippen molar-refractivity contribution >= 4 is 15.2 Å². The van der Waals surface area contributed by atoms with Crippen LogP contribution in [0.25, 0.3) is 0 Å². The van der Waals surface area contributed by atoms with E-state index in [4.69, 9.17) is 18.1 Å². The van der Waals surface area contributed by atoms with E-state index in [0.717, 1.165) is 28.4 Å². The highest BCUT2D eigenvalue weighted by Crippen LogP contribution is 2.77. The number of aliphatic hydroxyl groups is 1. The summed E-state index contributed by atoms with van der Waals surface area (Å²) >= 11 is 0. The molecule has 0 bridgehead atoms. The number of hydrogen-bond donors (Lipinski definition) is 1. The highest BCUT2D eigenvalue weighted by molar-refractivity contribution is 7.73. The summed E-state index contributed by atoms with van der Waals surface area (Å²) < 4.78 is 44.3. The number of rotatable bonds is 10. The van der Waals surface area contributed by atoms with Crippen molar-refractivity contribution in [1.82, 2.24) is 4.90 Å². The predicted octanol–water partition coefficient (Wildman–Crippen LogP) is 1.95. The van der Waals surface area contributed by atoms with Crippen molar-refractivity contribution in [2.24, 2.45) is 0 Å². The molecule has 0 aromatic rings. The molecule has 10 heteroatoms. The van der Waals surface area contributed by atoms with E-state index in [2.05, 4.69) is 0 Å². The molecule has 0 saturated carbocycles. The lowest BCUT2D eigenvalue weighted by molar-refractivity contribution is 0.0939. The van der Waals surface area contributed by atoms with Gasteiger partial charge in [0.2, 0.25) is 0 Å². The highest BCUT2D eigenvalue weighted by Gasteiger charge is 2.63. The van der Waals surface area contributed by atoms with Crippen LogP contribution < -0.4 is 0 Å². The molecule has 0 unspecified atom stereocenters. The Morgan fingerprint density at radius 1 is 0.950 bits per heavy atom. The maximum absolute atomic E-state index is 12.6. The molecule has 0 aromatic carbocycles. The molecular formula is C10H25NO7P2. The molecule has 0 amide bonds. The van der Waals surface area contributed by atoms with Crippen molar-refractivity contribution in [3.63, 3.8) is 0 Å². The second-order valence-electron chi connectivity index (χ2n) is 4.41. The van der Waals surface area contributed by atoms with Crippen molar-refractivity contribution in [2.45, 2.75) is 17.9 Å². The maximum atomic E-state index is 12.6. The van der Waals surface area contributed by atoms with Crippen molar-refractivity contribution in [3.8, 4) is 0 Å². The molecule has 0 atom stereocenters. The zero-order chi connectivity index (χ0) is 16.0. The predicted molar refractivity (Wildman–Crippen MR) is 76.0 cm³/mol. The summed E-state index contributed by atoms with van der Waals surface area (Å²) in [6.07, 6.45) is 0.278. The first-order valence-corrected chi connectivity index (χ1v) is 9.05. The van der Waals surface area contributed by atoms with Gasteiger partial charge in [-0.25, -0.2) is 0 Å². The van der Waals surface area contributed by atoms with E-state index >= 15 is 0 Å². The Morgan fingerprint density at radius 2 is 1.30 bits per heavy atom. The molecule has 0 saturated heterocycles. The van der Waals surface area contributed by atoms with E-state index < -0.39 is 20.3 Å². The lowest BCUT2D eigenvalue weighted by atomic mass is 10.3. The number of hydrogen-bond acceptors (Lipinski definition) is 8. The average molecular weight is 333 g/mol. The first kappa shape index (κ1) is 20.2. The van der Waals surface area contributed by atoms with Gasteiger partial charge in [0.05, 0.1) is 0 Å². The first-order chi connectivity index (χ1) is 9.16. The fraction of sp³-hybridized carbons (Fsp3) is 1.00. The normalized spacial score (nSPS) is 14.0. The monoisotopic (exact) mass is 333 g/mol. The minimum atomic E-state index is -4.09. The van der Waals surface area contributed by atoms with E-state index in [1.54, 1.807) is 0 Å². The van der Waals surface area contributed by atoms with Gasteiger partial charge in [-0.15, -0.1) is 0 Å². The Morgan fingerprint density at radius 3 is 1.55 bits per heavy atom. The highest BCUT2D eigenvalue weighted by atomic mass is 31.2. The van der Waals surface area contributed by atoms with Crippen molar-refractivity contribution in [2.75, 3.05) is 49.1 Å². The molecule has 0 spiro atoms. The third-order valence-corrected chi connectivity index (χ3v) is 8.55. The Kier molecular flexibility index (Phi) is 8.10. The Balaban J connectivity index is 5.56. The van der Waals surface area contributed by atoms with Gasteiger partial charge in [0, 0.05) is 34.9 Å². The minimum absolute atomic E-state index is 0.122. The topological polar surface area (TPSA) is 94.5 Å². The van der Waals surface area contributed by atoms with Gasteiger partial charge < -0.3 is 28.1 Å². The smallest absolute Gasteiger partial charge is 0.368 e. The molecule has 0 fully saturated rings. The lowest BCUT2D eigenvalue weighted by Gasteiger charge is -2.36. The fourth-order valence-electron chi connectivity index (χ4n) is 1.79. The standard InChI is InChI=1S/C10H25NO7P2/c1-11(2)9-7-8-10(12,19(13,15-3)16-4)20(14,17-5)18-6/h12H,7-9H2,1-6H3. The van der Waals surface area contributed by atoms with Crippen LogP contribution in [0.3, 0.4) is 0 Å². The summed E-state index contributed by atoms with van der Waals surface area (Å²) in [5.41, 5.74) is 0. The van der Waals surface area contributed by atoms with E-state index in [1.165, 1.54) is 0 Å². The molecule has 0 aliphatic rings. The summed E-state index contributed by atoms with van der Waals surface area (Å²) in [4.78, 5) is 1.87. The largest absolute Gasteiger partial charge is 0.374 e. The van der Waals surface area contributed by atoms with Gasteiger partial charge in [0.25, 0.3) is 5.08 Å². The molecule has 0 radical (unpaired) electrons. The van der Waals surface area contributed by atoms with Crippen LogP contribution in [0.5, 0.6) is 0 Å². The fourth-order valence-corrected chi connectivity index (χ4v) is 6.30. The van der Waals surface area contributed by atoms with E-state index in [9.17, 15) is 14.2 Å². The second-order valence-corrected chi connectivity index (χ2v) is 9.69. The molecule has 20 heavy (non-hydrogen) atoms. The third kappa shape index (κ3) is 3.90. The Labute approximate surface area is 120 Å². The molecule has 0 heterocycles. The quantitative estimate of drug-likeness (QED) is 0.606. The molecule has 0 rings (SSSR count). The van der Waals surface area contributed by atoms with Gasteiger partial charge >= 0.3 is 15.2 Å². The summed E-state index contributed by atoms with van der Waals surface area (Å²) in [5, 5.41) is 8.36. The van der Waals surface area contributed by atoms with Gasteiger partial charge in [-0.1, -0.05) is 0 Å². The van der Waals surface area contributed by atoms with Crippen LogP contribution >= 0.6 is 15.2 Å². The zero-order valence-corrected chi connectivity index (χ0v) is 14.6. The number of nitrogens with zero attached hydrogens (tertiary/aromatic N) is 1. The van der Waals surface area contributed by atoms with Crippen LogP contribution in [0.4, 0.5) is 0 Å². The molecule has 122 valence electrons. The van der Waals surface area contributed by atoms with Crippen molar-refractivity contribution in [3.05, 3.63) is 0 Å². The van der Waals surface area contributed by atoms with Crippen LogP contribution in [0.15, 0.2) is 0 Å². The molecular weight excluding hydrogens is 308 g/mol. The second kappa shape index (κ2) is 8.01. The summed E-state index contributed by atoms with van der Waals surface area (Å²) in [6.45, 7) is 0.586. The lowest BCUT2D eigenvalue weighted by Crippen LogP contribution is -2.32.